The molecule has 1 aromatic heterocycles. The summed E-state index contributed by atoms with van der Waals surface area (Å²) >= 11 is 0. The van der Waals surface area contributed by atoms with Crippen LogP contribution in [0.2, 0.25) is 0 Å². The highest BCUT2D eigenvalue weighted by Crippen LogP contribution is 2.34. The van der Waals surface area contributed by atoms with Gasteiger partial charge < -0.3 is 44.1 Å². The number of aliphatic hydroxyl groups is 4. The fourth-order valence-electron chi connectivity index (χ4n) is 3.83. The summed E-state index contributed by atoms with van der Waals surface area (Å²) in [5.41, 5.74) is -1.55. The van der Waals surface area contributed by atoms with Crippen LogP contribution < -0.4 is 11.2 Å². The molecule has 2 aliphatic rings. The van der Waals surface area contributed by atoms with Crippen molar-refractivity contribution in [2.45, 2.75) is 81.9 Å². The second kappa shape index (κ2) is 12.1. The first-order chi connectivity index (χ1) is 17.1. The topological polar surface area (TPSA) is 216 Å². The van der Waals surface area contributed by atoms with E-state index in [-0.39, 0.29) is 12.8 Å². The second-order valence-corrected chi connectivity index (χ2v) is 8.23. The minimum atomic E-state index is -1.70. The third-order valence-corrected chi connectivity index (χ3v) is 5.80. The van der Waals surface area contributed by atoms with Crippen LogP contribution in [0.15, 0.2) is 21.9 Å². The van der Waals surface area contributed by atoms with Gasteiger partial charge in [-0.15, -0.1) is 0 Å². The number of ether oxygens (including phenoxy) is 5. The maximum atomic E-state index is 12.4. The van der Waals surface area contributed by atoms with Gasteiger partial charge in [0.25, 0.3) is 5.56 Å². The third kappa shape index (κ3) is 6.00. The SMILES string of the molecule is CCC(=O)OC1[C@@H](CO[C@@H]2OC(CO)[C@@H](O)[C@H](O)[C@@H]2O)O[C@@H](n2ccc(=O)[nH]c2=O)[C@H]1OC(=O)CC. The summed E-state index contributed by atoms with van der Waals surface area (Å²) in [7, 11) is 0. The normalized spacial score (nSPS) is 34.3. The number of hydrogen-bond donors (Lipinski definition) is 5. The highest BCUT2D eigenvalue weighted by atomic mass is 16.7. The summed E-state index contributed by atoms with van der Waals surface area (Å²) in [6.45, 7) is 1.94. The Morgan fingerprint density at radius 3 is 2.19 bits per heavy atom. The second-order valence-electron chi connectivity index (χ2n) is 8.23. The summed E-state index contributed by atoms with van der Waals surface area (Å²) in [5.74, 6) is -1.35. The van der Waals surface area contributed by atoms with Gasteiger partial charge in [-0.3, -0.25) is 23.9 Å². The number of aromatic nitrogens is 2. The average molecular weight is 518 g/mol. The Hall–Kier alpha value is -2.66. The molecule has 1 aromatic rings. The van der Waals surface area contributed by atoms with E-state index in [9.17, 15) is 39.6 Å². The summed E-state index contributed by atoms with van der Waals surface area (Å²) in [4.78, 5) is 50.3. The largest absolute Gasteiger partial charge is 0.455 e. The molecule has 0 bridgehead atoms. The zero-order valence-electron chi connectivity index (χ0n) is 19.6. The lowest BCUT2D eigenvalue weighted by molar-refractivity contribution is -0.306. The van der Waals surface area contributed by atoms with E-state index in [1.165, 1.54) is 13.8 Å². The van der Waals surface area contributed by atoms with E-state index >= 15 is 0 Å². The molecule has 2 aliphatic heterocycles. The highest BCUT2D eigenvalue weighted by molar-refractivity contribution is 5.70. The number of carbonyl (C=O) groups excluding carboxylic acids is 2. The van der Waals surface area contributed by atoms with Gasteiger partial charge >= 0.3 is 17.6 Å². The van der Waals surface area contributed by atoms with E-state index in [0.717, 1.165) is 16.8 Å². The molecule has 36 heavy (non-hydrogen) atoms. The van der Waals surface area contributed by atoms with Crippen LogP contribution in [-0.4, -0.2) is 104 Å². The quantitative estimate of drug-likeness (QED) is 0.205. The fraction of sp³-hybridized carbons (Fsp3) is 0.714. The number of H-pyrrole nitrogens is 1. The zero-order valence-corrected chi connectivity index (χ0v) is 19.6. The molecule has 202 valence electrons. The van der Waals surface area contributed by atoms with Crippen molar-refractivity contribution in [3.05, 3.63) is 33.1 Å². The Labute approximate surface area is 204 Å². The number of aliphatic hydroxyl groups excluding tert-OH is 4. The highest BCUT2D eigenvalue weighted by Gasteiger charge is 2.52. The van der Waals surface area contributed by atoms with Gasteiger partial charge in [0.05, 0.1) is 13.2 Å². The lowest BCUT2D eigenvalue weighted by atomic mass is 9.99. The van der Waals surface area contributed by atoms with Crippen LogP contribution in [0.5, 0.6) is 0 Å². The van der Waals surface area contributed by atoms with E-state index in [2.05, 4.69) is 4.98 Å². The Balaban J connectivity index is 1.89. The minimum Gasteiger partial charge on any atom is -0.455 e. The van der Waals surface area contributed by atoms with E-state index < -0.39 is 91.6 Å². The van der Waals surface area contributed by atoms with Crippen molar-refractivity contribution < 1.29 is 53.7 Å². The van der Waals surface area contributed by atoms with Crippen LogP contribution in [0, 0.1) is 0 Å². The molecule has 0 spiro atoms. The van der Waals surface area contributed by atoms with E-state index in [4.69, 9.17) is 23.7 Å². The maximum Gasteiger partial charge on any atom is 0.330 e. The number of nitrogens with one attached hydrogen (secondary N) is 1. The van der Waals surface area contributed by atoms with Crippen LogP contribution in [0.3, 0.4) is 0 Å². The molecular weight excluding hydrogens is 488 g/mol. The predicted octanol–water partition coefficient (Wildman–Crippen LogP) is -3.11. The summed E-state index contributed by atoms with van der Waals surface area (Å²) in [6.07, 6.45) is -11.8. The molecule has 2 saturated heterocycles. The van der Waals surface area contributed by atoms with E-state index in [0.29, 0.717) is 0 Å². The van der Waals surface area contributed by atoms with Crippen molar-refractivity contribution in [2.24, 2.45) is 0 Å². The molecule has 15 heteroatoms. The van der Waals surface area contributed by atoms with Gasteiger partial charge in [0.15, 0.2) is 24.7 Å². The van der Waals surface area contributed by atoms with Crippen molar-refractivity contribution in [1.82, 2.24) is 9.55 Å². The first-order valence-corrected chi connectivity index (χ1v) is 11.4. The number of aromatic amines is 1. The molecule has 2 fully saturated rings. The van der Waals surface area contributed by atoms with Crippen molar-refractivity contribution in [1.29, 1.82) is 0 Å². The molecular formula is C21H30N2O13. The van der Waals surface area contributed by atoms with Crippen molar-refractivity contribution in [3.63, 3.8) is 0 Å². The molecule has 5 N–H and O–H groups in total. The van der Waals surface area contributed by atoms with Gasteiger partial charge in [0.1, 0.15) is 30.5 Å². The molecule has 0 radical (unpaired) electrons. The fourth-order valence-corrected chi connectivity index (χ4v) is 3.83. The standard InChI is InChI=1S/C21H30N2O13/c1-3-12(26)35-17-10(8-32-20-16(30)15(29)14(28)9(7-24)34-20)33-19(18(17)36-13(27)4-2)23-6-5-11(25)22-21(23)31/h5-6,9-10,14-20,24,28-30H,3-4,7-8H2,1-2H3,(H,22,25,31)/t9?,10-,14-,15+,16+,17?,18+,19-,20-/m1/s1. The minimum absolute atomic E-state index is 0.0332. The van der Waals surface area contributed by atoms with Crippen molar-refractivity contribution in [3.8, 4) is 0 Å². The first kappa shape index (κ1) is 27.9. The van der Waals surface area contributed by atoms with Crippen LogP contribution >= 0.6 is 0 Å². The van der Waals surface area contributed by atoms with Crippen molar-refractivity contribution >= 4 is 11.9 Å². The Morgan fingerprint density at radius 1 is 0.972 bits per heavy atom. The molecule has 0 saturated carbocycles. The Bertz CT molecular complexity index is 1020. The first-order valence-electron chi connectivity index (χ1n) is 11.4. The van der Waals surface area contributed by atoms with Crippen LogP contribution in [-0.2, 0) is 33.3 Å². The molecule has 15 nitrogen and oxygen atoms in total. The monoisotopic (exact) mass is 518 g/mol. The van der Waals surface area contributed by atoms with Crippen LogP contribution in [0.25, 0.3) is 0 Å². The van der Waals surface area contributed by atoms with Gasteiger partial charge in [0, 0.05) is 25.1 Å². The van der Waals surface area contributed by atoms with E-state index in [1.54, 1.807) is 0 Å². The molecule has 3 rings (SSSR count). The molecule has 0 amide bonds. The number of rotatable bonds is 9. The number of carbonyl (C=O) groups is 2. The lowest BCUT2D eigenvalue weighted by Crippen LogP contribution is -2.59. The number of nitrogens with zero attached hydrogens (tertiary/aromatic N) is 1. The van der Waals surface area contributed by atoms with E-state index in [1.807, 2.05) is 0 Å². The Morgan fingerprint density at radius 2 is 1.61 bits per heavy atom. The summed E-state index contributed by atoms with van der Waals surface area (Å²) in [6, 6.07) is 1.05. The third-order valence-electron chi connectivity index (χ3n) is 5.80. The van der Waals surface area contributed by atoms with Crippen LogP contribution in [0.4, 0.5) is 0 Å². The van der Waals surface area contributed by atoms with Crippen LogP contribution in [0.1, 0.15) is 32.9 Å². The zero-order chi connectivity index (χ0) is 26.6. The Kier molecular flexibility index (Phi) is 9.35. The van der Waals surface area contributed by atoms with Gasteiger partial charge in [0.2, 0.25) is 0 Å². The van der Waals surface area contributed by atoms with Gasteiger partial charge in [-0.25, -0.2) is 4.79 Å². The number of hydrogen-bond acceptors (Lipinski definition) is 13. The van der Waals surface area contributed by atoms with Gasteiger partial charge in [-0.1, -0.05) is 13.8 Å². The molecule has 2 unspecified atom stereocenters. The molecule has 9 atom stereocenters. The number of esters is 2. The van der Waals surface area contributed by atoms with Gasteiger partial charge in [-0.05, 0) is 0 Å². The van der Waals surface area contributed by atoms with Crippen molar-refractivity contribution in [2.75, 3.05) is 13.2 Å². The molecule has 3 heterocycles. The molecule has 0 aliphatic carbocycles. The predicted molar refractivity (Wildman–Crippen MR) is 115 cm³/mol. The maximum absolute atomic E-state index is 12.4. The van der Waals surface area contributed by atoms with Gasteiger partial charge in [-0.2, -0.15) is 0 Å². The smallest absolute Gasteiger partial charge is 0.330 e. The average Bonchev–Trinajstić information content (AvgIpc) is 3.18. The molecule has 0 aromatic carbocycles. The summed E-state index contributed by atoms with van der Waals surface area (Å²) in [5, 5.41) is 39.5. The summed E-state index contributed by atoms with van der Waals surface area (Å²) < 4.78 is 28.6. The lowest BCUT2D eigenvalue weighted by Gasteiger charge is -2.39.